The normalized spacial score (nSPS) is 24.9. The van der Waals surface area contributed by atoms with Crippen molar-refractivity contribution in [2.24, 2.45) is 5.92 Å². The Morgan fingerprint density at radius 1 is 1.22 bits per heavy atom. The lowest BCUT2D eigenvalue weighted by Crippen LogP contribution is -2.45. The van der Waals surface area contributed by atoms with E-state index in [1.807, 2.05) is 37.3 Å². The summed E-state index contributed by atoms with van der Waals surface area (Å²) in [4.78, 5) is 14.9. The summed E-state index contributed by atoms with van der Waals surface area (Å²) in [7, 11) is -2.86. The van der Waals surface area contributed by atoms with Crippen molar-refractivity contribution in [2.75, 3.05) is 24.6 Å². The van der Waals surface area contributed by atoms with Crippen molar-refractivity contribution >= 4 is 26.7 Å². The van der Waals surface area contributed by atoms with Gasteiger partial charge in [-0.05, 0) is 51.4 Å². The number of nitrogens with one attached hydrogen (secondary N) is 1. The van der Waals surface area contributed by atoms with E-state index >= 15 is 0 Å². The molecular formula is C20H26N2O4S. The highest BCUT2D eigenvalue weighted by Gasteiger charge is 2.35. The van der Waals surface area contributed by atoms with E-state index < -0.39 is 9.84 Å². The molecule has 0 aliphatic carbocycles. The second kappa shape index (κ2) is 7.28. The van der Waals surface area contributed by atoms with Crippen molar-refractivity contribution in [3.05, 3.63) is 36.1 Å². The number of carbonyl (C=O) groups is 1. The quantitative estimate of drug-likeness (QED) is 0.868. The second-order valence-corrected chi connectivity index (χ2v) is 10.0. The minimum absolute atomic E-state index is 0.0221. The monoisotopic (exact) mass is 390 g/mol. The van der Waals surface area contributed by atoms with E-state index in [0.717, 1.165) is 49.1 Å². The molecular weight excluding hydrogens is 364 g/mol. The van der Waals surface area contributed by atoms with E-state index in [1.54, 1.807) is 0 Å². The van der Waals surface area contributed by atoms with Gasteiger partial charge in [0.25, 0.3) is 0 Å². The highest BCUT2D eigenvalue weighted by Crippen LogP contribution is 2.27. The molecule has 0 unspecified atom stereocenters. The van der Waals surface area contributed by atoms with Crippen LogP contribution in [0, 0.1) is 5.92 Å². The van der Waals surface area contributed by atoms with Gasteiger partial charge in [0.05, 0.1) is 17.5 Å². The molecule has 1 amide bonds. The molecule has 2 fully saturated rings. The Kier molecular flexibility index (Phi) is 4.99. The van der Waals surface area contributed by atoms with E-state index in [9.17, 15) is 13.2 Å². The van der Waals surface area contributed by atoms with Crippen LogP contribution < -0.4 is 5.32 Å². The van der Waals surface area contributed by atoms with Gasteiger partial charge in [0, 0.05) is 17.3 Å². The molecule has 0 saturated carbocycles. The molecule has 1 aromatic carbocycles. The highest BCUT2D eigenvalue weighted by molar-refractivity contribution is 7.91. The molecule has 4 rings (SSSR count). The summed E-state index contributed by atoms with van der Waals surface area (Å²) in [6, 6.07) is 9.75. The molecule has 2 atom stereocenters. The van der Waals surface area contributed by atoms with Gasteiger partial charge >= 0.3 is 0 Å². The Balaban J connectivity index is 1.31. The molecule has 3 heterocycles. The summed E-state index contributed by atoms with van der Waals surface area (Å²) >= 11 is 0. The van der Waals surface area contributed by atoms with Gasteiger partial charge in [-0.15, -0.1) is 0 Å². The molecule has 0 spiro atoms. The number of amides is 1. The SMILES string of the molecule is C[C@@H](NC(=O)C1CCN([C@H]2CCS(=O)(=O)C2)CC1)c1cc2ccccc2o1. The topological polar surface area (TPSA) is 79.6 Å². The number of benzene rings is 1. The number of sulfone groups is 1. The van der Waals surface area contributed by atoms with Crippen LogP contribution in [0.5, 0.6) is 0 Å². The number of nitrogens with zero attached hydrogens (tertiary/aromatic N) is 1. The molecule has 146 valence electrons. The van der Waals surface area contributed by atoms with Crippen LogP contribution in [0.4, 0.5) is 0 Å². The number of likely N-dealkylation sites (tertiary alicyclic amines) is 1. The first-order valence-corrected chi connectivity index (χ1v) is 11.5. The molecule has 2 aliphatic rings. The lowest BCUT2D eigenvalue weighted by molar-refractivity contribution is -0.127. The third-order valence-electron chi connectivity index (χ3n) is 5.86. The standard InChI is InChI=1S/C20H26N2O4S/c1-14(19-12-16-4-2-3-5-18(16)26-19)21-20(23)15-6-9-22(10-7-15)17-8-11-27(24,25)13-17/h2-5,12,14-15,17H,6-11,13H2,1H3,(H,21,23)/t14-,17+/m1/s1. The average Bonchev–Trinajstić information content (AvgIpc) is 3.25. The Labute approximate surface area is 159 Å². The number of furan rings is 1. The van der Waals surface area contributed by atoms with Crippen molar-refractivity contribution < 1.29 is 17.6 Å². The maximum absolute atomic E-state index is 12.7. The summed E-state index contributed by atoms with van der Waals surface area (Å²) in [6.07, 6.45) is 2.27. The van der Waals surface area contributed by atoms with Crippen LogP contribution in [-0.2, 0) is 14.6 Å². The molecule has 2 saturated heterocycles. The summed E-state index contributed by atoms with van der Waals surface area (Å²) in [5, 5.41) is 4.11. The van der Waals surface area contributed by atoms with Crippen LogP contribution in [0.15, 0.2) is 34.7 Å². The molecule has 6 nitrogen and oxygen atoms in total. The Bertz CT molecular complexity index is 895. The fourth-order valence-electron chi connectivity index (χ4n) is 4.21. The first-order chi connectivity index (χ1) is 12.9. The summed E-state index contributed by atoms with van der Waals surface area (Å²) in [5.74, 6) is 1.37. The maximum atomic E-state index is 12.7. The molecule has 2 aromatic rings. The molecule has 7 heteroatoms. The fraction of sp³-hybridized carbons (Fsp3) is 0.550. The van der Waals surface area contributed by atoms with Crippen molar-refractivity contribution in [1.82, 2.24) is 10.2 Å². The van der Waals surface area contributed by atoms with E-state index in [2.05, 4.69) is 10.2 Å². The Morgan fingerprint density at radius 2 is 1.96 bits per heavy atom. The summed E-state index contributed by atoms with van der Waals surface area (Å²) < 4.78 is 29.2. The largest absolute Gasteiger partial charge is 0.459 e. The average molecular weight is 391 g/mol. The van der Waals surface area contributed by atoms with E-state index in [-0.39, 0.29) is 29.7 Å². The minimum Gasteiger partial charge on any atom is -0.459 e. The highest BCUT2D eigenvalue weighted by atomic mass is 32.2. The van der Waals surface area contributed by atoms with Crippen LogP contribution >= 0.6 is 0 Å². The van der Waals surface area contributed by atoms with Crippen molar-refractivity contribution in [1.29, 1.82) is 0 Å². The summed E-state index contributed by atoms with van der Waals surface area (Å²) in [6.45, 7) is 3.52. The predicted molar refractivity (Wildman–Crippen MR) is 104 cm³/mol. The lowest BCUT2D eigenvalue weighted by atomic mass is 9.94. The van der Waals surface area contributed by atoms with Gasteiger partial charge in [0.15, 0.2) is 9.84 Å². The number of piperidine rings is 1. The number of para-hydroxylation sites is 1. The zero-order chi connectivity index (χ0) is 19.0. The molecule has 0 radical (unpaired) electrons. The maximum Gasteiger partial charge on any atom is 0.223 e. The molecule has 1 aromatic heterocycles. The zero-order valence-corrected chi connectivity index (χ0v) is 16.4. The first kappa shape index (κ1) is 18.5. The second-order valence-electron chi connectivity index (χ2n) is 7.78. The van der Waals surface area contributed by atoms with Gasteiger partial charge in [-0.3, -0.25) is 9.69 Å². The van der Waals surface area contributed by atoms with Crippen molar-refractivity contribution in [2.45, 2.75) is 38.3 Å². The number of rotatable bonds is 4. The van der Waals surface area contributed by atoms with Crippen LogP contribution in [-0.4, -0.2) is 49.9 Å². The van der Waals surface area contributed by atoms with Gasteiger partial charge < -0.3 is 9.73 Å². The van der Waals surface area contributed by atoms with Crippen LogP contribution in [0.3, 0.4) is 0 Å². The van der Waals surface area contributed by atoms with E-state index in [0.29, 0.717) is 5.75 Å². The number of hydrogen-bond donors (Lipinski definition) is 1. The zero-order valence-electron chi connectivity index (χ0n) is 15.6. The van der Waals surface area contributed by atoms with Gasteiger partial charge in [-0.2, -0.15) is 0 Å². The van der Waals surface area contributed by atoms with Crippen LogP contribution in [0.1, 0.15) is 38.0 Å². The number of fused-ring (bicyclic) bond motifs is 1. The minimum atomic E-state index is -2.86. The van der Waals surface area contributed by atoms with Gasteiger partial charge in [-0.25, -0.2) is 8.42 Å². The molecule has 1 N–H and O–H groups in total. The van der Waals surface area contributed by atoms with Crippen molar-refractivity contribution in [3.8, 4) is 0 Å². The van der Waals surface area contributed by atoms with Crippen LogP contribution in [0.25, 0.3) is 11.0 Å². The smallest absolute Gasteiger partial charge is 0.223 e. The van der Waals surface area contributed by atoms with Crippen molar-refractivity contribution in [3.63, 3.8) is 0 Å². The predicted octanol–water partition coefficient (Wildman–Crippen LogP) is 2.51. The fourth-order valence-corrected chi connectivity index (χ4v) is 5.97. The van der Waals surface area contributed by atoms with Gasteiger partial charge in [-0.1, -0.05) is 18.2 Å². The number of carbonyl (C=O) groups excluding carboxylic acids is 1. The Morgan fingerprint density at radius 3 is 2.63 bits per heavy atom. The third-order valence-corrected chi connectivity index (χ3v) is 7.61. The lowest BCUT2D eigenvalue weighted by Gasteiger charge is -2.35. The molecule has 0 bridgehead atoms. The van der Waals surface area contributed by atoms with Crippen LogP contribution in [0.2, 0.25) is 0 Å². The van der Waals surface area contributed by atoms with Gasteiger partial charge in [0.2, 0.25) is 5.91 Å². The van der Waals surface area contributed by atoms with Gasteiger partial charge in [0.1, 0.15) is 11.3 Å². The van der Waals surface area contributed by atoms with E-state index in [1.165, 1.54) is 0 Å². The summed E-state index contributed by atoms with van der Waals surface area (Å²) in [5.41, 5.74) is 0.827. The number of hydrogen-bond acceptors (Lipinski definition) is 5. The third kappa shape index (κ3) is 4.04. The van der Waals surface area contributed by atoms with E-state index in [4.69, 9.17) is 4.42 Å². The Hall–Kier alpha value is -1.86. The first-order valence-electron chi connectivity index (χ1n) is 9.64. The molecule has 27 heavy (non-hydrogen) atoms. The molecule has 2 aliphatic heterocycles.